The molecular weight excluding hydrogens is 296 g/mol. The van der Waals surface area contributed by atoms with E-state index in [1.807, 2.05) is 11.6 Å². The van der Waals surface area contributed by atoms with Gasteiger partial charge in [-0.2, -0.15) is 11.8 Å². The van der Waals surface area contributed by atoms with Crippen molar-refractivity contribution in [2.45, 2.75) is 24.9 Å². The molecule has 0 spiro atoms. The predicted molar refractivity (Wildman–Crippen MR) is 81.1 cm³/mol. The maximum Gasteiger partial charge on any atom is 0.331 e. The molecule has 0 aromatic carbocycles. The topological polar surface area (TPSA) is 83.6 Å². The van der Waals surface area contributed by atoms with E-state index in [0.29, 0.717) is 19.4 Å². The number of nitrogens with two attached hydrogens (primary N) is 1. The van der Waals surface area contributed by atoms with Gasteiger partial charge in [0.2, 0.25) is 5.91 Å². The van der Waals surface area contributed by atoms with E-state index in [2.05, 4.69) is 0 Å². The Labute approximate surface area is 126 Å². The molecule has 0 fully saturated rings. The lowest BCUT2D eigenvalue weighted by atomic mass is 9.99. The van der Waals surface area contributed by atoms with Crippen LogP contribution in [0.1, 0.15) is 22.9 Å². The van der Waals surface area contributed by atoms with Crippen molar-refractivity contribution in [1.29, 1.82) is 0 Å². The number of hydrogen-bond acceptors (Lipinski definition) is 5. The average molecular weight is 314 g/mol. The number of fused-ring (bicyclic) bond motifs is 1. The van der Waals surface area contributed by atoms with Gasteiger partial charge >= 0.3 is 5.97 Å². The van der Waals surface area contributed by atoms with Gasteiger partial charge in [-0.1, -0.05) is 0 Å². The summed E-state index contributed by atoms with van der Waals surface area (Å²) in [5, 5.41) is 11.3. The first-order valence-corrected chi connectivity index (χ1v) is 8.67. The van der Waals surface area contributed by atoms with Crippen LogP contribution in [0.4, 0.5) is 0 Å². The molecule has 2 heterocycles. The van der Waals surface area contributed by atoms with E-state index in [0.717, 1.165) is 16.2 Å². The van der Waals surface area contributed by atoms with Crippen LogP contribution in [0.15, 0.2) is 11.4 Å². The summed E-state index contributed by atoms with van der Waals surface area (Å²) in [7, 11) is 0. The number of carbonyl (C=O) groups excluding carboxylic acids is 1. The smallest absolute Gasteiger partial charge is 0.331 e. The fourth-order valence-electron chi connectivity index (χ4n) is 2.40. The van der Waals surface area contributed by atoms with Crippen molar-refractivity contribution in [3.8, 4) is 0 Å². The van der Waals surface area contributed by atoms with Gasteiger partial charge in [0.15, 0.2) is 6.04 Å². The molecule has 2 atom stereocenters. The number of rotatable bonds is 5. The van der Waals surface area contributed by atoms with E-state index < -0.39 is 18.1 Å². The van der Waals surface area contributed by atoms with Crippen molar-refractivity contribution in [3.05, 3.63) is 21.9 Å². The Morgan fingerprint density at radius 3 is 3.05 bits per heavy atom. The highest BCUT2D eigenvalue weighted by atomic mass is 32.2. The normalized spacial score (nSPS) is 19.5. The Hall–Kier alpha value is -1.05. The quantitative estimate of drug-likeness (QED) is 0.857. The van der Waals surface area contributed by atoms with E-state index in [9.17, 15) is 14.7 Å². The Morgan fingerprint density at radius 2 is 2.40 bits per heavy atom. The van der Waals surface area contributed by atoms with Crippen molar-refractivity contribution in [1.82, 2.24) is 4.90 Å². The largest absolute Gasteiger partial charge is 0.479 e. The second-order valence-corrected chi connectivity index (χ2v) is 6.70. The standard InChI is InChI=1S/C13H18N2O3S2/c1-19-6-4-9(14)12(16)15-5-2-10-8(3-7-20-10)11(15)13(17)18/h3,7,9,11H,2,4-6,14H2,1H3,(H,17,18)/t9-,11?/m1/s1. The molecule has 1 aromatic rings. The molecule has 20 heavy (non-hydrogen) atoms. The van der Waals surface area contributed by atoms with Gasteiger partial charge in [0.1, 0.15) is 0 Å². The molecule has 5 nitrogen and oxygen atoms in total. The van der Waals surface area contributed by atoms with E-state index in [4.69, 9.17) is 5.73 Å². The Bertz CT molecular complexity index is 504. The van der Waals surface area contributed by atoms with Crippen molar-refractivity contribution in [2.24, 2.45) is 5.73 Å². The van der Waals surface area contributed by atoms with Crippen LogP contribution in [0.2, 0.25) is 0 Å². The number of thiophene rings is 1. The second kappa shape index (κ2) is 6.60. The number of carboxylic acids is 1. The minimum Gasteiger partial charge on any atom is -0.479 e. The van der Waals surface area contributed by atoms with Crippen LogP contribution in [0.3, 0.4) is 0 Å². The molecule has 1 aromatic heterocycles. The van der Waals surface area contributed by atoms with Crippen LogP contribution in [0, 0.1) is 0 Å². The molecule has 1 aliphatic rings. The fraction of sp³-hybridized carbons (Fsp3) is 0.538. The summed E-state index contributed by atoms with van der Waals surface area (Å²) < 4.78 is 0. The molecule has 7 heteroatoms. The molecular formula is C13H18N2O3S2. The average Bonchev–Trinajstić information content (AvgIpc) is 2.90. The number of hydrogen-bond donors (Lipinski definition) is 2. The van der Waals surface area contributed by atoms with Gasteiger partial charge in [-0.15, -0.1) is 11.3 Å². The van der Waals surface area contributed by atoms with Crippen LogP contribution in [0.5, 0.6) is 0 Å². The van der Waals surface area contributed by atoms with Gasteiger partial charge < -0.3 is 15.7 Å². The van der Waals surface area contributed by atoms with Crippen LogP contribution in [-0.2, 0) is 16.0 Å². The molecule has 3 N–H and O–H groups in total. The van der Waals surface area contributed by atoms with Gasteiger partial charge in [-0.05, 0) is 41.9 Å². The number of aliphatic carboxylic acids is 1. The molecule has 0 bridgehead atoms. The maximum atomic E-state index is 12.4. The molecule has 0 radical (unpaired) electrons. The molecule has 110 valence electrons. The number of amides is 1. The van der Waals surface area contributed by atoms with Gasteiger partial charge in [-0.25, -0.2) is 4.79 Å². The van der Waals surface area contributed by atoms with Gasteiger partial charge in [0.25, 0.3) is 0 Å². The molecule has 1 unspecified atom stereocenters. The zero-order valence-electron chi connectivity index (χ0n) is 11.2. The third-order valence-corrected chi connectivity index (χ3v) is 5.07. The first-order valence-electron chi connectivity index (χ1n) is 6.40. The molecule has 0 aliphatic carbocycles. The van der Waals surface area contributed by atoms with Crippen LogP contribution in [0.25, 0.3) is 0 Å². The highest BCUT2D eigenvalue weighted by Crippen LogP contribution is 2.33. The summed E-state index contributed by atoms with van der Waals surface area (Å²) in [6.07, 6.45) is 3.23. The van der Waals surface area contributed by atoms with E-state index in [-0.39, 0.29) is 5.91 Å². The van der Waals surface area contributed by atoms with Crippen LogP contribution in [-0.4, -0.2) is 46.5 Å². The number of thioether (sulfide) groups is 1. The Morgan fingerprint density at radius 1 is 1.65 bits per heavy atom. The lowest BCUT2D eigenvalue weighted by molar-refractivity contribution is -0.151. The third kappa shape index (κ3) is 2.99. The minimum atomic E-state index is -0.991. The zero-order chi connectivity index (χ0) is 14.7. The lowest BCUT2D eigenvalue weighted by Gasteiger charge is -2.34. The SMILES string of the molecule is CSCC[C@@H](N)C(=O)N1CCc2sccc2C1C(=O)O. The molecule has 1 aliphatic heterocycles. The number of carboxylic acid groups (broad SMARTS) is 1. The first-order chi connectivity index (χ1) is 9.56. The summed E-state index contributed by atoms with van der Waals surface area (Å²) in [6.45, 7) is 0.427. The number of carbonyl (C=O) groups is 2. The van der Waals surface area contributed by atoms with E-state index in [1.54, 1.807) is 29.2 Å². The van der Waals surface area contributed by atoms with E-state index in [1.165, 1.54) is 4.90 Å². The Kier molecular flexibility index (Phi) is 5.06. The van der Waals surface area contributed by atoms with Crippen molar-refractivity contribution < 1.29 is 14.7 Å². The highest BCUT2D eigenvalue weighted by Gasteiger charge is 2.37. The van der Waals surface area contributed by atoms with Crippen LogP contribution < -0.4 is 5.73 Å². The molecule has 1 amide bonds. The van der Waals surface area contributed by atoms with Gasteiger partial charge in [-0.3, -0.25) is 4.79 Å². The highest BCUT2D eigenvalue weighted by molar-refractivity contribution is 7.98. The van der Waals surface area contributed by atoms with Crippen molar-refractivity contribution in [2.75, 3.05) is 18.6 Å². The summed E-state index contributed by atoms with van der Waals surface area (Å²) in [5.41, 5.74) is 6.63. The maximum absolute atomic E-state index is 12.4. The summed E-state index contributed by atoms with van der Waals surface area (Å²) in [4.78, 5) is 26.4. The molecule has 2 rings (SSSR count). The van der Waals surface area contributed by atoms with E-state index >= 15 is 0 Å². The summed E-state index contributed by atoms with van der Waals surface area (Å²) >= 11 is 3.17. The number of nitrogens with zero attached hydrogens (tertiary/aromatic N) is 1. The monoisotopic (exact) mass is 314 g/mol. The molecule has 0 saturated carbocycles. The van der Waals surface area contributed by atoms with Crippen molar-refractivity contribution >= 4 is 35.0 Å². The van der Waals surface area contributed by atoms with Crippen LogP contribution >= 0.6 is 23.1 Å². The second-order valence-electron chi connectivity index (χ2n) is 4.71. The zero-order valence-corrected chi connectivity index (χ0v) is 12.9. The Balaban J connectivity index is 2.19. The lowest BCUT2D eigenvalue weighted by Crippen LogP contribution is -2.50. The predicted octanol–water partition coefficient (Wildman–Crippen LogP) is 1.34. The minimum absolute atomic E-state index is 0.261. The fourth-order valence-corrected chi connectivity index (χ4v) is 3.79. The first kappa shape index (κ1) is 15.3. The third-order valence-electron chi connectivity index (χ3n) is 3.43. The summed E-state index contributed by atoms with van der Waals surface area (Å²) in [6, 6.07) is 0.286. The van der Waals surface area contributed by atoms with Gasteiger partial charge in [0.05, 0.1) is 6.04 Å². The summed E-state index contributed by atoms with van der Waals surface area (Å²) in [5.74, 6) is -0.458. The van der Waals surface area contributed by atoms with Crippen molar-refractivity contribution in [3.63, 3.8) is 0 Å². The van der Waals surface area contributed by atoms with Gasteiger partial charge in [0, 0.05) is 11.4 Å². The molecule has 0 saturated heterocycles.